The van der Waals surface area contributed by atoms with E-state index in [2.05, 4.69) is 15.9 Å². The van der Waals surface area contributed by atoms with Crippen LogP contribution in [0.15, 0.2) is 77.3 Å². The van der Waals surface area contributed by atoms with Gasteiger partial charge in [-0.1, -0.05) is 28.1 Å². The number of halogens is 1. The normalized spacial score (nSPS) is 13.5. The summed E-state index contributed by atoms with van der Waals surface area (Å²) in [5.41, 5.74) is 2.80. The lowest BCUT2D eigenvalue weighted by molar-refractivity contribution is 0.0535. The fourth-order valence-electron chi connectivity index (χ4n) is 3.62. The molecule has 0 saturated carbocycles. The average molecular weight is 507 g/mol. The number of ether oxygens (including phenoxy) is 1. The lowest BCUT2D eigenvalue weighted by Gasteiger charge is -2.35. The van der Waals surface area contributed by atoms with Gasteiger partial charge in [-0.25, -0.2) is 0 Å². The van der Waals surface area contributed by atoms with Crippen LogP contribution in [0.25, 0.3) is 0 Å². The average Bonchev–Trinajstić information content (AvgIpc) is 2.88. The third kappa shape index (κ3) is 5.68. The van der Waals surface area contributed by atoms with Gasteiger partial charge >= 0.3 is 0 Å². The third-order valence-corrected chi connectivity index (χ3v) is 6.10. The van der Waals surface area contributed by atoms with Gasteiger partial charge in [0.2, 0.25) is 0 Å². The Balaban J connectivity index is 1.29. The highest BCUT2D eigenvalue weighted by molar-refractivity contribution is 9.10. The van der Waals surface area contributed by atoms with E-state index in [1.54, 1.807) is 58.3 Å². The zero-order valence-electron chi connectivity index (χ0n) is 17.9. The minimum absolute atomic E-state index is 0.0141. The molecule has 0 N–H and O–H groups in total. The van der Waals surface area contributed by atoms with Crippen molar-refractivity contribution in [1.29, 1.82) is 0 Å². The molecule has 2 amide bonds. The molecule has 1 saturated heterocycles. The molecule has 1 aliphatic heterocycles. The van der Waals surface area contributed by atoms with Gasteiger partial charge in [0.05, 0.1) is 0 Å². The van der Waals surface area contributed by atoms with Gasteiger partial charge < -0.3 is 14.5 Å². The fraction of sp³-hybridized carbons (Fsp3) is 0.192. The van der Waals surface area contributed by atoms with Crippen LogP contribution in [-0.2, 0) is 6.61 Å². The molecule has 168 valence electrons. The minimum Gasteiger partial charge on any atom is -0.489 e. The van der Waals surface area contributed by atoms with Crippen LogP contribution in [0.1, 0.15) is 36.6 Å². The molecular formula is C26H23BrN2O4. The van der Waals surface area contributed by atoms with Crippen LogP contribution in [0.5, 0.6) is 5.75 Å². The highest BCUT2D eigenvalue weighted by Gasteiger charge is 2.25. The van der Waals surface area contributed by atoms with E-state index in [4.69, 9.17) is 4.74 Å². The second-order valence-corrected chi connectivity index (χ2v) is 8.68. The molecule has 1 heterocycles. The topological polar surface area (TPSA) is 66.9 Å². The van der Waals surface area contributed by atoms with Crippen LogP contribution in [0.2, 0.25) is 0 Å². The van der Waals surface area contributed by atoms with Crippen LogP contribution >= 0.6 is 15.9 Å². The molecule has 33 heavy (non-hydrogen) atoms. The van der Waals surface area contributed by atoms with Crippen molar-refractivity contribution in [3.8, 4) is 5.75 Å². The number of benzene rings is 3. The molecule has 1 aliphatic rings. The molecule has 3 aromatic rings. The van der Waals surface area contributed by atoms with Crippen LogP contribution < -0.4 is 4.74 Å². The van der Waals surface area contributed by atoms with Gasteiger partial charge in [0.25, 0.3) is 11.8 Å². The first-order chi connectivity index (χ1) is 16.0. The van der Waals surface area contributed by atoms with E-state index in [1.165, 1.54) is 0 Å². The largest absolute Gasteiger partial charge is 0.489 e. The van der Waals surface area contributed by atoms with Gasteiger partial charge in [0.15, 0.2) is 0 Å². The summed E-state index contributed by atoms with van der Waals surface area (Å²) in [7, 11) is 0. The molecule has 7 heteroatoms. The number of piperazine rings is 1. The third-order valence-electron chi connectivity index (χ3n) is 5.57. The van der Waals surface area contributed by atoms with Gasteiger partial charge in [-0.05, 0) is 66.2 Å². The summed E-state index contributed by atoms with van der Waals surface area (Å²) in [6.07, 6.45) is 0.791. The summed E-state index contributed by atoms with van der Waals surface area (Å²) in [6, 6.07) is 21.6. The molecule has 4 rings (SSSR count). The van der Waals surface area contributed by atoms with E-state index in [1.807, 2.05) is 24.3 Å². The first kappa shape index (κ1) is 22.7. The number of rotatable bonds is 6. The molecular weight excluding hydrogens is 484 g/mol. The lowest BCUT2D eigenvalue weighted by Crippen LogP contribution is -2.50. The number of carbonyl (C=O) groups is 3. The smallest absolute Gasteiger partial charge is 0.253 e. The summed E-state index contributed by atoms with van der Waals surface area (Å²) in [5, 5.41) is 0. The summed E-state index contributed by atoms with van der Waals surface area (Å²) in [6.45, 7) is 2.39. The fourth-order valence-corrected chi connectivity index (χ4v) is 3.89. The Hall–Kier alpha value is -3.45. The number of amides is 2. The van der Waals surface area contributed by atoms with E-state index in [0.29, 0.717) is 55.2 Å². The maximum atomic E-state index is 12.9. The zero-order chi connectivity index (χ0) is 23.2. The zero-order valence-corrected chi connectivity index (χ0v) is 19.5. The van der Waals surface area contributed by atoms with Gasteiger partial charge in [-0.15, -0.1) is 0 Å². The van der Waals surface area contributed by atoms with Gasteiger partial charge in [-0.2, -0.15) is 0 Å². The monoisotopic (exact) mass is 506 g/mol. The molecule has 3 aromatic carbocycles. The van der Waals surface area contributed by atoms with Crippen molar-refractivity contribution in [2.24, 2.45) is 0 Å². The Labute approximate surface area is 200 Å². The maximum Gasteiger partial charge on any atom is 0.253 e. The summed E-state index contributed by atoms with van der Waals surface area (Å²) >= 11 is 3.38. The predicted octanol–water partition coefficient (Wildman–Crippen LogP) is 4.44. The second kappa shape index (κ2) is 10.4. The molecule has 0 radical (unpaired) electrons. The molecule has 0 spiro atoms. The van der Waals surface area contributed by atoms with Crippen LogP contribution in [-0.4, -0.2) is 54.1 Å². The summed E-state index contributed by atoms with van der Waals surface area (Å²) in [4.78, 5) is 39.9. The standard InChI is InChI=1S/C26H23BrN2O4/c27-23-9-7-22(8-10-23)26(32)29-15-13-28(14-16-29)25(31)21-5-1-20(2-6-21)18-33-24-11-3-19(17-30)4-12-24/h1-12,17H,13-16,18H2. The Morgan fingerprint density at radius 1 is 0.758 bits per heavy atom. The number of hydrogen-bond donors (Lipinski definition) is 0. The van der Waals surface area contributed by atoms with Gasteiger partial charge in [0, 0.05) is 47.3 Å². The molecule has 0 atom stereocenters. The van der Waals surface area contributed by atoms with Crippen molar-refractivity contribution >= 4 is 34.0 Å². The van der Waals surface area contributed by atoms with E-state index < -0.39 is 0 Å². The molecule has 0 aliphatic carbocycles. The van der Waals surface area contributed by atoms with E-state index in [0.717, 1.165) is 16.3 Å². The number of carbonyl (C=O) groups excluding carboxylic acids is 3. The number of aldehydes is 1. The first-order valence-electron chi connectivity index (χ1n) is 10.6. The first-order valence-corrected chi connectivity index (χ1v) is 11.4. The van der Waals surface area contributed by atoms with Gasteiger partial charge in [-0.3, -0.25) is 14.4 Å². The molecule has 0 aromatic heterocycles. The SMILES string of the molecule is O=Cc1ccc(OCc2ccc(C(=O)N3CCN(C(=O)c4ccc(Br)cc4)CC3)cc2)cc1. The van der Waals surface area contributed by atoms with Crippen molar-refractivity contribution in [2.75, 3.05) is 26.2 Å². The summed E-state index contributed by atoms with van der Waals surface area (Å²) in [5.74, 6) is 0.624. The van der Waals surface area contributed by atoms with Crippen LogP contribution in [0.3, 0.4) is 0 Å². The van der Waals surface area contributed by atoms with E-state index in [-0.39, 0.29) is 11.8 Å². The quantitative estimate of drug-likeness (QED) is 0.463. The van der Waals surface area contributed by atoms with E-state index >= 15 is 0 Å². The highest BCUT2D eigenvalue weighted by Crippen LogP contribution is 2.17. The molecule has 0 bridgehead atoms. The molecule has 1 fully saturated rings. The second-order valence-electron chi connectivity index (χ2n) is 7.76. The van der Waals surface area contributed by atoms with Crippen molar-refractivity contribution in [3.63, 3.8) is 0 Å². The van der Waals surface area contributed by atoms with E-state index in [9.17, 15) is 14.4 Å². The van der Waals surface area contributed by atoms with Crippen molar-refractivity contribution < 1.29 is 19.1 Å². The molecule has 0 unspecified atom stereocenters. The minimum atomic E-state index is -0.0392. The van der Waals surface area contributed by atoms with Crippen molar-refractivity contribution in [1.82, 2.24) is 9.80 Å². The lowest BCUT2D eigenvalue weighted by atomic mass is 10.1. The van der Waals surface area contributed by atoms with Crippen LogP contribution in [0.4, 0.5) is 0 Å². The Bertz CT molecular complexity index is 1120. The van der Waals surface area contributed by atoms with Crippen molar-refractivity contribution in [3.05, 3.63) is 99.5 Å². The van der Waals surface area contributed by atoms with Gasteiger partial charge in [0.1, 0.15) is 18.6 Å². The predicted molar refractivity (Wildman–Crippen MR) is 129 cm³/mol. The highest BCUT2D eigenvalue weighted by atomic mass is 79.9. The van der Waals surface area contributed by atoms with Crippen LogP contribution in [0, 0.1) is 0 Å². The number of hydrogen-bond acceptors (Lipinski definition) is 4. The molecule has 6 nitrogen and oxygen atoms in total. The maximum absolute atomic E-state index is 12.9. The Morgan fingerprint density at radius 3 is 1.73 bits per heavy atom. The Kier molecular flexibility index (Phi) is 7.19. The Morgan fingerprint density at radius 2 is 1.24 bits per heavy atom. The van der Waals surface area contributed by atoms with Crippen molar-refractivity contribution in [2.45, 2.75) is 6.61 Å². The number of nitrogens with zero attached hydrogens (tertiary/aromatic N) is 2. The summed E-state index contributed by atoms with van der Waals surface area (Å²) < 4.78 is 6.66.